The molecular formula is C29H27N4O7+. The number of benzene rings is 2. The minimum atomic E-state index is -1.08. The van der Waals surface area contributed by atoms with Gasteiger partial charge in [0, 0.05) is 25.7 Å². The van der Waals surface area contributed by atoms with Crippen LogP contribution in [0.5, 0.6) is 0 Å². The van der Waals surface area contributed by atoms with Gasteiger partial charge in [0.25, 0.3) is 5.82 Å². The average Bonchev–Trinajstić information content (AvgIpc) is 3.44. The number of fused-ring (bicyclic) bond motifs is 2. The first-order valence-electron chi connectivity index (χ1n) is 12.7. The first-order chi connectivity index (χ1) is 19.0. The molecule has 0 spiro atoms. The van der Waals surface area contributed by atoms with E-state index in [0.717, 1.165) is 5.69 Å². The van der Waals surface area contributed by atoms with Gasteiger partial charge in [0.05, 0.1) is 46.5 Å². The molecule has 0 saturated heterocycles. The fourth-order valence-electron chi connectivity index (χ4n) is 5.48. The molecule has 40 heavy (non-hydrogen) atoms. The third-order valence-electron chi connectivity index (χ3n) is 7.55. The summed E-state index contributed by atoms with van der Waals surface area (Å²) < 4.78 is 3.52. The van der Waals surface area contributed by atoms with Gasteiger partial charge in [-0.3, -0.25) is 14.4 Å². The second kappa shape index (κ2) is 9.60. The minimum absolute atomic E-state index is 0.0987. The first-order valence-corrected chi connectivity index (χ1v) is 12.7. The Bertz CT molecular complexity index is 2000. The molecule has 0 aliphatic carbocycles. The van der Waals surface area contributed by atoms with Crippen LogP contribution in [0.1, 0.15) is 40.4 Å². The molecule has 0 bridgehead atoms. The summed E-state index contributed by atoms with van der Waals surface area (Å²) in [4.78, 5) is 66.3. The Balaban J connectivity index is 1.70. The molecule has 4 aromatic rings. The summed E-state index contributed by atoms with van der Waals surface area (Å²) in [6, 6.07) is 9.39. The summed E-state index contributed by atoms with van der Waals surface area (Å²) in [6.45, 7) is 4.75. The summed E-state index contributed by atoms with van der Waals surface area (Å²) in [7, 11) is 3.43. The zero-order valence-electron chi connectivity index (χ0n) is 22.3. The van der Waals surface area contributed by atoms with E-state index in [-0.39, 0.29) is 21.6 Å². The molecule has 1 unspecified atom stereocenters. The molecule has 1 atom stereocenters. The highest BCUT2D eigenvalue weighted by Crippen LogP contribution is 2.39. The van der Waals surface area contributed by atoms with Gasteiger partial charge >= 0.3 is 11.9 Å². The van der Waals surface area contributed by atoms with Crippen molar-refractivity contribution in [1.82, 2.24) is 4.57 Å². The number of aryl methyl sites for hydroxylation is 2. The number of carboxylic acid groups (broad SMARTS) is 2. The fraction of sp³-hybridized carbons (Fsp3) is 0.241. The third kappa shape index (κ3) is 3.89. The number of imidazole rings is 1. The lowest BCUT2D eigenvalue weighted by atomic mass is 10.1. The van der Waals surface area contributed by atoms with Gasteiger partial charge in [-0.25, -0.2) is 18.7 Å². The van der Waals surface area contributed by atoms with Crippen LogP contribution < -0.4 is 41.1 Å². The van der Waals surface area contributed by atoms with E-state index in [2.05, 4.69) is 0 Å². The molecule has 204 valence electrons. The van der Waals surface area contributed by atoms with Crippen molar-refractivity contribution in [2.24, 2.45) is 7.05 Å². The van der Waals surface area contributed by atoms with Crippen molar-refractivity contribution in [1.29, 1.82) is 0 Å². The van der Waals surface area contributed by atoms with Crippen molar-refractivity contribution in [3.8, 4) is 0 Å². The van der Waals surface area contributed by atoms with Gasteiger partial charge in [-0.2, -0.15) is 0 Å². The normalized spacial score (nSPS) is 15.8. The van der Waals surface area contributed by atoms with E-state index in [4.69, 9.17) is 0 Å². The number of carboxylic acids is 2. The van der Waals surface area contributed by atoms with E-state index in [9.17, 15) is 34.2 Å². The molecule has 1 aromatic heterocycles. The highest BCUT2D eigenvalue weighted by molar-refractivity contribution is 5.93. The van der Waals surface area contributed by atoms with E-state index in [1.807, 2.05) is 23.3 Å². The van der Waals surface area contributed by atoms with Gasteiger partial charge in [0.15, 0.2) is 11.0 Å². The highest BCUT2D eigenvalue weighted by atomic mass is 16.4. The van der Waals surface area contributed by atoms with Crippen molar-refractivity contribution in [3.63, 3.8) is 0 Å². The van der Waals surface area contributed by atoms with Crippen LogP contribution in [0.15, 0.2) is 50.8 Å². The Morgan fingerprint density at radius 3 is 2.12 bits per heavy atom. The van der Waals surface area contributed by atoms with E-state index < -0.39 is 34.4 Å². The summed E-state index contributed by atoms with van der Waals surface area (Å²) in [5.41, 5.74) is 0.383. The van der Waals surface area contributed by atoms with Crippen LogP contribution >= 0.6 is 0 Å². The largest absolute Gasteiger partial charge is 0.478 e. The number of hydrogen-bond donors (Lipinski definition) is 2. The number of rotatable bonds is 6. The van der Waals surface area contributed by atoms with Gasteiger partial charge in [-0.05, 0) is 50.3 Å². The molecule has 0 amide bonds. The minimum Gasteiger partial charge on any atom is -0.478 e. The lowest BCUT2D eigenvalue weighted by molar-refractivity contribution is -0.670. The Hall–Kier alpha value is -5.06. The van der Waals surface area contributed by atoms with Crippen molar-refractivity contribution >= 4 is 46.5 Å². The van der Waals surface area contributed by atoms with Crippen LogP contribution in [0.3, 0.4) is 0 Å². The van der Waals surface area contributed by atoms with Gasteiger partial charge < -0.3 is 20.0 Å². The molecule has 5 rings (SSSR count). The summed E-state index contributed by atoms with van der Waals surface area (Å²) >= 11 is 0. The molecule has 2 N–H and O–H groups in total. The third-order valence-corrected chi connectivity index (χ3v) is 7.55. The van der Waals surface area contributed by atoms with E-state index >= 15 is 0 Å². The van der Waals surface area contributed by atoms with Gasteiger partial charge in [-0.1, -0.05) is 0 Å². The number of anilines is 2. The Kier molecular flexibility index (Phi) is 6.37. The Morgan fingerprint density at radius 2 is 1.50 bits per heavy atom. The molecule has 11 nitrogen and oxygen atoms in total. The maximum absolute atomic E-state index is 13.5. The maximum atomic E-state index is 13.5. The van der Waals surface area contributed by atoms with Crippen molar-refractivity contribution < 1.29 is 24.4 Å². The predicted molar refractivity (Wildman–Crippen MR) is 149 cm³/mol. The van der Waals surface area contributed by atoms with E-state index in [0.29, 0.717) is 35.6 Å². The van der Waals surface area contributed by atoms with Gasteiger partial charge in [-0.15, -0.1) is 0 Å². The predicted octanol–water partition coefficient (Wildman–Crippen LogP) is -0.250. The SMILES string of the molecule is CCN1c2ccc(C(=O)O)cc2N(C)C1C=c1c(=O)c(=O)c(=Cc2n(C)c3cc(C(=O)O)ccc3[n+]2CC)c1=O. The zero-order valence-corrected chi connectivity index (χ0v) is 22.3. The number of aromatic nitrogens is 2. The molecular weight excluding hydrogens is 516 g/mol. The van der Waals surface area contributed by atoms with Crippen LogP contribution in [-0.4, -0.2) is 46.5 Å². The number of nitrogens with zero attached hydrogens (tertiary/aromatic N) is 4. The first kappa shape index (κ1) is 26.5. The molecule has 3 aromatic carbocycles. The fourth-order valence-corrected chi connectivity index (χ4v) is 5.48. The Morgan fingerprint density at radius 1 is 0.875 bits per heavy atom. The van der Waals surface area contributed by atoms with Crippen LogP contribution in [0.25, 0.3) is 23.2 Å². The average molecular weight is 544 g/mol. The van der Waals surface area contributed by atoms with Crippen LogP contribution in [0.2, 0.25) is 0 Å². The maximum Gasteiger partial charge on any atom is 0.335 e. The topological polar surface area (TPSA) is 141 Å². The van der Waals surface area contributed by atoms with Crippen molar-refractivity contribution in [2.45, 2.75) is 26.6 Å². The molecule has 0 saturated carbocycles. The standard InChI is InChI=1S/C29H26N4O7/c1-5-32-19-9-7-15(28(37)38)11-21(19)30(3)23(32)13-17-25(34)18(27(36)26(17)35)14-24-31(4)22-12-16(29(39)40)8-10-20(22)33(24)6-2/h7-14,23H,5-6H2,1-4H3,(H-,37,38,39,40)/p+1. The summed E-state index contributed by atoms with van der Waals surface area (Å²) in [6.07, 6.45) is 2.26. The molecule has 2 heterocycles. The number of carbonyl (C=O) groups is 2. The van der Waals surface area contributed by atoms with E-state index in [1.54, 1.807) is 35.7 Å². The Labute approximate surface area is 227 Å². The quantitative estimate of drug-likeness (QED) is 0.249. The van der Waals surface area contributed by atoms with Crippen LogP contribution in [0.4, 0.5) is 11.4 Å². The van der Waals surface area contributed by atoms with Crippen LogP contribution in [0, 0.1) is 0 Å². The number of aromatic carboxylic acids is 2. The molecule has 0 fully saturated rings. The molecule has 0 radical (unpaired) electrons. The lowest BCUT2D eigenvalue weighted by Gasteiger charge is -2.27. The zero-order chi connectivity index (χ0) is 29.0. The molecule has 1 aliphatic rings. The summed E-state index contributed by atoms with van der Waals surface area (Å²) in [5, 5.41) is 18.3. The van der Waals surface area contributed by atoms with Gasteiger partial charge in [0.2, 0.25) is 16.3 Å². The van der Waals surface area contributed by atoms with Crippen LogP contribution in [-0.2, 0) is 13.6 Å². The molecule has 1 aliphatic heterocycles. The van der Waals surface area contributed by atoms with Gasteiger partial charge in [0.1, 0.15) is 6.17 Å². The smallest absolute Gasteiger partial charge is 0.335 e. The van der Waals surface area contributed by atoms with Crippen molar-refractivity contribution in [3.05, 3.63) is 94.5 Å². The van der Waals surface area contributed by atoms with Crippen molar-refractivity contribution in [2.75, 3.05) is 23.4 Å². The second-order valence-corrected chi connectivity index (χ2v) is 9.62. The monoisotopic (exact) mass is 543 g/mol. The summed E-state index contributed by atoms with van der Waals surface area (Å²) in [5.74, 6) is -1.68. The lowest BCUT2D eigenvalue weighted by Crippen LogP contribution is -2.45. The number of hydrogen-bond acceptors (Lipinski definition) is 7. The van der Waals surface area contributed by atoms with E-state index in [1.165, 1.54) is 36.4 Å². The highest BCUT2D eigenvalue weighted by Gasteiger charge is 2.32. The molecule has 11 heteroatoms. The second-order valence-electron chi connectivity index (χ2n) is 9.62.